The summed E-state index contributed by atoms with van der Waals surface area (Å²) in [5.41, 5.74) is 1.92. The Morgan fingerprint density at radius 2 is 1.91 bits per heavy atom. The highest BCUT2D eigenvalue weighted by atomic mass is 16.4. The van der Waals surface area contributed by atoms with E-state index in [4.69, 9.17) is 5.11 Å². The van der Waals surface area contributed by atoms with E-state index < -0.39 is 17.9 Å². The monoisotopic (exact) mass is 317 g/mol. The molecule has 8 nitrogen and oxygen atoms in total. The van der Waals surface area contributed by atoms with Crippen LogP contribution < -0.4 is 5.32 Å². The number of carboxylic acid groups (broad SMARTS) is 1. The fraction of sp³-hybridized carbons (Fsp3) is 0.400. The molecule has 23 heavy (non-hydrogen) atoms. The van der Waals surface area contributed by atoms with Gasteiger partial charge in [-0.1, -0.05) is 43.7 Å². The van der Waals surface area contributed by atoms with Crippen molar-refractivity contribution in [2.24, 2.45) is 5.92 Å². The average Bonchev–Trinajstić information content (AvgIpc) is 2.93. The Morgan fingerprint density at radius 3 is 2.48 bits per heavy atom. The molecule has 0 aliphatic heterocycles. The van der Waals surface area contributed by atoms with Crippen LogP contribution in [0.1, 0.15) is 19.4 Å². The number of aryl methyl sites for hydroxylation is 1. The third kappa shape index (κ3) is 4.35. The van der Waals surface area contributed by atoms with Crippen molar-refractivity contribution >= 4 is 11.9 Å². The summed E-state index contributed by atoms with van der Waals surface area (Å²) in [6, 6.07) is 6.67. The molecular weight excluding hydrogens is 298 g/mol. The molecule has 2 N–H and O–H groups in total. The highest BCUT2D eigenvalue weighted by Crippen LogP contribution is 2.13. The summed E-state index contributed by atoms with van der Waals surface area (Å²) < 4.78 is 0. The van der Waals surface area contributed by atoms with Gasteiger partial charge < -0.3 is 10.4 Å². The van der Waals surface area contributed by atoms with Gasteiger partial charge in [-0.05, 0) is 18.1 Å². The first-order valence-electron chi connectivity index (χ1n) is 7.24. The lowest BCUT2D eigenvalue weighted by atomic mass is 10.1. The fourth-order valence-corrected chi connectivity index (χ4v) is 1.99. The van der Waals surface area contributed by atoms with Gasteiger partial charge in [-0.2, -0.15) is 4.80 Å². The van der Waals surface area contributed by atoms with Crippen molar-refractivity contribution in [2.75, 3.05) is 0 Å². The van der Waals surface area contributed by atoms with E-state index in [1.165, 1.54) is 0 Å². The summed E-state index contributed by atoms with van der Waals surface area (Å²) >= 11 is 0. The molecule has 0 saturated heterocycles. The second kappa shape index (κ2) is 6.99. The molecule has 0 saturated carbocycles. The molecule has 122 valence electrons. The first-order chi connectivity index (χ1) is 10.9. The molecule has 1 aromatic carbocycles. The minimum Gasteiger partial charge on any atom is -0.480 e. The molecule has 0 aliphatic carbocycles. The molecule has 2 rings (SSSR count). The van der Waals surface area contributed by atoms with Crippen molar-refractivity contribution in [1.82, 2.24) is 25.5 Å². The van der Waals surface area contributed by atoms with Gasteiger partial charge in [-0.15, -0.1) is 10.2 Å². The largest absolute Gasteiger partial charge is 0.480 e. The average molecular weight is 317 g/mol. The van der Waals surface area contributed by atoms with Crippen LogP contribution in [0.3, 0.4) is 0 Å². The fourth-order valence-electron chi connectivity index (χ4n) is 1.99. The molecule has 0 fully saturated rings. The van der Waals surface area contributed by atoms with E-state index in [0.717, 1.165) is 15.9 Å². The highest BCUT2D eigenvalue weighted by molar-refractivity contribution is 5.83. The summed E-state index contributed by atoms with van der Waals surface area (Å²) in [5, 5.41) is 23.4. The number of aliphatic carboxylic acids is 1. The number of nitrogens with one attached hydrogen (secondary N) is 1. The molecule has 1 heterocycles. The number of carboxylic acids is 1. The molecule has 0 radical (unpaired) electrons. The lowest BCUT2D eigenvalue weighted by Crippen LogP contribution is -2.45. The van der Waals surface area contributed by atoms with Crippen molar-refractivity contribution in [3.63, 3.8) is 0 Å². The summed E-state index contributed by atoms with van der Waals surface area (Å²) in [6.45, 7) is 5.24. The molecule has 0 spiro atoms. The van der Waals surface area contributed by atoms with Gasteiger partial charge >= 0.3 is 5.97 Å². The smallest absolute Gasteiger partial charge is 0.326 e. The van der Waals surface area contributed by atoms with E-state index in [0.29, 0.717) is 5.82 Å². The van der Waals surface area contributed by atoms with Crippen LogP contribution in [0.25, 0.3) is 11.4 Å². The maximum absolute atomic E-state index is 11.9. The highest BCUT2D eigenvalue weighted by Gasteiger charge is 2.23. The molecule has 0 aliphatic rings. The predicted octanol–water partition coefficient (Wildman–Crippen LogP) is 0.874. The lowest BCUT2D eigenvalue weighted by molar-refractivity contribution is -0.143. The number of rotatable bonds is 6. The number of nitrogens with zero attached hydrogens (tertiary/aromatic N) is 4. The van der Waals surface area contributed by atoms with Crippen molar-refractivity contribution in [2.45, 2.75) is 33.4 Å². The van der Waals surface area contributed by atoms with E-state index in [-0.39, 0.29) is 12.5 Å². The van der Waals surface area contributed by atoms with Crippen molar-refractivity contribution in [1.29, 1.82) is 0 Å². The maximum atomic E-state index is 11.9. The van der Waals surface area contributed by atoms with Crippen LogP contribution in [0.5, 0.6) is 0 Å². The van der Waals surface area contributed by atoms with Crippen LogP contribution >= 0.6 is 0 Å². The van der Waals surface area contributed by atoms with Crippen molar-refractivity contribution in [3.8, 4) is 11.4 Å². The summed E-state index contributed by atoms with van der Waals surface area (Å²) in [5.74, 6) is -1.35. The van der Waals surface area contributed by atoms with Crippen LogP contribution in [0.2, 0.25) is 0 Å². The van der Waals surface area contributed by atoms with E-state index in [9.17, 15) is 9.59 Å². The molecule has 8 heteroatoms. The molecule has 0 bridgehead atoms. The van der Waals surface area contributed by atoms with E-state index in [1.54, 1.807) is 13.8 Å². The third-order valence-corrected chi connectivity index (χ3v) is 3.30. The molecule has 0 unspecified atom stereocenters. The van der Waals surface area contributed by atoms with Crippen LogP contribution in [0, 0.1) is 12.8 Å². The SMILES string of the molecule is Cc1ccc(-c2nnn(CC(=O)N[C@@H](C(=O)O)C(C)C)n2)cc1. The van der Waals surface area contributed by atoms with Crippen LogP contribution in [-0.4, -0.2) is 43.2 Å². The van der Waals surface area contributed by atoms with Gasteiger partial charge in [0.05, 0.1) is 0 Å². The predicted molar refractivity (Wildman–Crippen MR) is 82.4 cm³/mol. The quantitative estimate of drug-likeness (QED) is 0.818. The number of aromatic nitrogens is 4. The zero-order valence-corrected chi connectivity index (χ0v) is 13.2. The lowest BCUT2D eigenvalue weighted by Gasteiger charge is -2.17. The molecular formula is C15H19N5O3. The van der Waals surface area contributed by atoms with E-state index in [2.05, 4.69) is 20.7 Å². The van der Waals surface area contributed by atoms with Gasteiger partial charge in [-0.3, -0.25) is 4.79 Å². The number of hydrogen-bond donors (Lipinski definition) is 2. The Hall–Kier alpha value is -2.77. The molecule has 2 aromatic rings. The van der Waals surface area contributed by atoms with E-state index >= 15 is 0 Å². The van der Waals surface area contributed by atoms with E-state index in [1.807, 2.05) is 31.2 Å². The molecule has 1 atom stereocenters. The van der Waals surface area contributed by atoms with Gasteiger partial charge in [0, 0.05) is 5.56 Å². The van der Waals surface area contributed by atoms with Crippen molar-refractivity contribution < 1.29 is 14.7 Å². The van der Waals surface area contributed by atoms with Crippen LogP contribution in [0.15, 0.2) is 24.3 Å². The Bertz CT molecular complexity index is 693. The number of hydrogen-bond acceptors (Lipinski definition) is 5. The third-order valence-electron chi connectivity index (χ3n) is 3.30. The summed E-state index contributed by atoms with van der Waals surface area (Å²) in [4.78, 5) is 24.1. The van der Waals surface area contributed by atoms with Gasteiger partial charge in [0.2, 0.25) is 11.7 Å². The normalized spacial score (nSPS) is 12.2. The minimum atomic E-state index is -1.07. The minimum absolute atomic E-state index is 0.185. The Kier molecular flexibility index (Phi) is 5.05. The Morgan fingerprint density at radius 1 is 1.26 bits per heavy atom. The van der Waals surface area contributed by atoms with Crippen LogP contribution in [-0.2, 0) is 16.1 Å². The molecule has 1 amide bonds. The maximum Gasteiger partial charge on any atom is 0.326 e. The second-order valence-electron chi connectivity index (χ2n) is 5.64. The Labute approximate surface area is 133 Å². The van der Waals surface area contributed by atoms with Gasteiger partial charge in [0.25, 0.3) is 0 Å². The first kappa shape index (κ1) is 16.6. The van der Waals surface area contributed by atoms with Crippen molar-refractivity contribution in [3.05, 3.63) is 29.8 Å². The number of amides is 1. The number of carbonyl (C=O) groups excluding carboxylic acids is 1. The van der Waals surface area contributed by atoms with Gasteiger partial charge in [0.1, 0.15) is 12.6 Å². The van der Waals surface area contributed by atoms with Gasteiger partial charge in [0.15, 0.2) is 0 Å². The number of carbonyl (C=O) groups is 2. The number of tetrazole rings is 1. The van der Waals surface area contributed by atoms with Crippen LogP contribution in [0.4, 0.5) is 0 Å². The van der Waals surface area contributed by atoms with Gasteiger partial charge in [-0.25, -0.2) is 4.79 Å². The topological polar surface area (TPSA) is 110 Å². The summed E-state index contributed by atoms with van der Waals surface area (Å²) in [6.07, 6.45) is 0. The Balaban J connectivity index is 2.02. The first-order valence-corrected chi connectivity index (χ1v) is 7.24. The zero-order chi connectivity index (χ0) is 17.0. The molecule has 1 aromatic heterocycles. The standard InChI is InChI=1S/C15H19N5O3/c1-9(2)13(15(22)23)16-12(21)8-20-18-14(17-19-20)11-6-4-10(3)5-7-11/h4-7,9,13H,8H2,1-3H3,(H,16,21)(H,22,23)/t13-/m1/s1. The zero-order valence-electron chi connectivity index (χ0n) is 13.2. The summed E-state index contributed by atoms with van der Waals surface area (Å²) in [7, 11) is 0. The second-order valence-corrected chi connectivity index (χ2v) is 5.64. The number of benzene rings is 1.